The summed E-state index contributed by atoms with van der Waals surface area (Å²) in [5.74, 6) is 0.420. The van der Waals surface area contributed by atoms with Crippen molar-refractivity contribution in [1.29, 1.82) is 5.26 Å². The third-order valence-electron chi connectivity index (χ3n) is 6.23. The van der Waals surface area contributed by atoms with Crippen molar-refractivity contribution in [1.82, 2.24) is 4.98 Å². The van der Waals surface area contributed by atoms with Crippen LogP contribution in [0.15, 0.2) is 12.1 Å². The van der Waals surface area contributed by atoms with E-state index in [4.69, 9.17) is 5.26 Å². The first-order chi connectivity index (χ1) is 10.6. The summed E-state index contributed by atoms with van der Waals surface area (Å²) in [6, 6.07) is 4.88. The lowest BCUT2D eigenvalue weighted by atomic mass is 9.70. The van der Waals surface area contributed by atoms with E-state index in [2.05, 4.69) is 4.98 Å². The Balaban J connectivity index is 1.72. The SMILES string of the molecule is N#Cc1cc(F)c2nc([C@]3(O)[C@H]4CCCC35CC5C4)sc2c1. The fourth-order valence-electron chi connectivity index (χ4n) is 5.17. The van der Waals surface area contributed by atoms with Crippen molar-refractivity contribution in [3.63, 3.8) is 0 Å². The Labute approximate surface area is 131 Å². The molecule has 22 heavy (non-hydrogen) atoms. The van der Waals surface area contributed by atoms with Gasteiger partial charge >= 0.3 is 0 Å². The van der Waals surface area contributed by atoms with Gasteiger partial charge in [-0.2, -0.15) is 5.26 Å². The Morgan fingerprint density at radius 2 is 2.27 bits per heavy atom. The van der Waals surface area contributed by atoms with Gasteiger partial charge in [0.25, 0.3) is 0 Å². The molecule has 0 amide bonds. The molecule has 3 saturated carbocycles. The molecule has 5 rings (SSSR count). The summed E-state index contributed by atoms with van der Waals surface area (Å²) in [5, 5.41) is 21.2. The average Bonchev–Trinajstić information content (AvgIpc) is 2.96. The predicted molar refractivity (Wildman–Crippen MR) is 80.7 cm³/mol. The number of rotatable bonds is 1. The maximum atomic E-state index is 14.2. The summed E-state index contributed by atoms with van der Waals surface area (Å²) in [5.41, 5.74) is -0.274. The summed E-state index contributed by atoms with van der Waals surface area (Å²) < 4.78 is 14.8. The first-order valence-electron chi connectivity index (χ1n) is 7.81. The Morgan fingerprint density at radius 1 is 1.41 bits per heavy atom. The number of aliphatic hydroxyl groups is 1. The van der Waals surface area contributed by atoms with Gasteiger partial charge in [0.05, 0.1) is 16.3 Å². The van der Waals surface area contributed by atoms with Gasteiger partial charge in [-0.15, -0.1) is 11.3 Å². The van der Waals surface area contributed by atoms with Crippen LogP contribution in [0, 0.1) is 34.4 Å². The van der Waals surface area contributed by atoms with Crippen LogP contribution >= 0.6 is 11.3 Å². The van der Waals surface area contributed by atoms with E-state index < -0.39 is 11.4 Å². The standard InChI is InChI=1S/C17H15FN2OS/c18-12-4-9(8-19)5-13-14(12)20-15(22-13)17(21)10-2-1-3-16(17)7-11(16)6-10/h4-5,10-11,21H,1-3,6-7H2/t10-,11?,16?,17+/m0/s1. The van der Waals surface area contributed by atoms with Crippen LogP contribution in [0.3, 0.4) is 0 Å². The van der Waals surface area contributed by atoms with Crippen LogP contribution in [0.2, 0.25) is 0 Å². The minimum absolute atomic E-state index is 0.00166. The zero-order chi connectivity index (χ0) is 15.1. The number of thiazole rings is 1. The fraction of sp³-hybridized carbons (Fsp3) is 0.529. The smallest absolute Gasteiger partial charge is 0.151 e. The number of nitrogens with zero attached hydrogens (tertiary/aromatic N) is 2. The van der Waals surface area contributed by atoms with Gasteiger partial charge in [0.1, 0.15) is 16.1 Å². The normalized spacial score (nSPS) is 38.8. The van der Waals surface area contributed by atoms with Crippen LogP contribution in [0.25, 0.3) is 10.2 Å². The molecule has 0 saturated heterocycles. The summed E-state index contributed by atoms with van der Waals surface area (Å²) in [6.07, 6.45) is 5.45. The lowest BCUT2D eigenvalue weighted by Gasteiger charge is -2.41. The van der Waals surface area contributed by atoms with E-state index in [9.17, 15) is 9.50 Å². The van der Waals surface area contributed by atoms with Crippen LogP contribution in [0.4, 0.5) is 4.39 Å². The number of halogens is 1. The molecule has 2 bridgehead atoms. The summed E-state index contributed by atoms with van der Waals surface area (Å²) in [6.45, 7) is 0. The lowest BCUT2D eigenvalue weighted by Crippen LogP contribution is -2.43. The third-order valence-corrected chi connectivity index (χ3v) is 7.36. The second-order valence-electron chi connectivity index (χ2n) is 7.08. The topological polar surface area (TPSA) is 56.9 Å². The number of nitriles is 1. The molecule has 0 radical (unpaired) electrons. The van der Waals surface area contributed by atoms with Crippen molar-refractivity contribution < 1.29 is 9.50 Å². The van der Waals surface area contributed by atoms with Gasteiger partial charge in [-0.1, -0.05) is 6.42 Å². The fourth-order valence-corrected chi connectivity index (χ4v) is 6.46. The van der Waals surface area contributed by atoms with Crippen LogP contribution in [0.5, 0.6) is 0 Å². The number of aromatic nitrogens is 1. The van der Waals surface area contributed by atoms with E-state index in [0.29, 0.717) is 26.7 Å². The van der Waals surface area contributed by atoms with E-state index in [1.54, 1.807) is 6.07 Å². The van der Waals surface area contributed by atoms with Crippen molar-refractivity contribution in [2.24, 2.45) is 17.3 Å². The van der Waals surface area contributed by atoms with Crippen molar-refractivity contribution in [2.45, 2.75) is 37.7 Å². The average molecular weight is 314 g/mol. The highest BCUT2D eigenvalue weighted by atomic mass is 32.1. The summed E-state index contributed by atoms with van der Waals surface area (Å²) in [4.78, 5) is 4.48. The Morgan fingerprint density at radius 3 is 3.05 bits per heavy atom. The molecule has 3 aliphatic rings. The molecule has 2 unspecified atom stereocenters. The molecule has 4 atom stereocenters. The van der Waals surface area contributed by atoms with Crippen LogP contribution < -0.4 is 0 Å². The molecule has 5 heteroatoms. The van der Waals surface area contributed by atoms with E-state index in [-0.39, 0.29) is 11.3 Å². The first kappa shape index (κ1) is 13.0. The monoisotopic (exact) mass is 314 g/mol. The van der Waals surface area contributed by atoms with Gasteiger partial charge < -0.3 is 5.11 Å². The maximum Gasteiger partial charge on any atom is 0.151 e. The van der Waals surface area contributed by atoms with E-state index in [0.717, 1.165) is 25.7 Å². The lowest BCUT2D eigenvalue weighted by molar-refractivity contribution is -0.0932. The highest BCUT2D eigenvalue weighted by Gasteiger charge is 2.76. The zero-order valence-corrected chi connectivity index (χ0v) is 12.8. The van der Waals surface area contributed by atoms with E-state index >= 15 is 0 Å². The number of hydrogen-bond donors (Lipinski definition) is 1. The van der Waals surface area contributed by atoms with Crippen molar-refractivity contribution >= 4 is 21.6 Å². The minimum atomic E-state index is -0.876. The van der Waals surface area contributed by atoms with Gasteiger partial charge in [0.2, 0.25) is 0 Å². The molecule has 3 fully saturated rings. The second kappa shape index (κ2) is 3.87. The van der Waals surface area contributed by atoms with Crippen molar-refractivity contribution in [3.8, 4) is 6.07 Å². The molecule has 1 aromatic heterocycles. The first-order valence-corrected chi connectivity index (χ1v) is 8.63. The summed E-state index contributed by atoms with van der Waals surface area (Å²) >= 11 is 1.37. The predicted octanol–water partition coefficient (Wildman–Crippen LogP) is 3.70. The van der Waals surface area contributed by atoms with Crippen LogP contribution in [-0.2, 0) is 5.60 Å². The summed E-state index contributed by atoms with van der Waals surface area (Å²) in [7, 11) is 0. The Bertz CT molecular complexity index is 856. The van der Waals surface area contributed by atoms with Crippen molar-refractivity contribution in [2.75, 3.05) is 0 Å². The molecular formula is C17H15FN2OS. The van der Waals surface area contributed by atoms with Crippen LogP contribution in [-0.4, -0.2) is 10.1 Å². The Kier molecular flexibility index (Phi) is 2.28. The van der Waals surface area contributed by atoms with Gasteiger partial charge in [-0.05, 0) is 49.7 Å². The molecule has 0 aliphatic heterocycles. The van der Waals surface area contributed by atoms with Gasteiger partial charge in [0, 0.05) is 5.41 Å². The molecule has 3 aliphatic carbocycles. The zero-order valence-electron chi connectivity index (χ0n) is 12.0. The number of hydrogen-bond acceptors (Lipinski definition) is 4. The van der Waals surface area contributed by atoms with Crippen molar-refractivity contribution in [3.05, 3.63) is 28.5 Å². The third kappa shape index (κ3) is 1.32. The van der Waals surface area contributed by atoms with Gasteiger partial charge in [0.15, 0.2) is 5.82 Å². The van der Waals surface area contributed by atoms with Gasteiger partial charge in [-0.25, -0.2) is 9.37 Å². The molecule has 1 spiro atoms. The second-order valence-corrected chi connectivity index (χ2v) is 8.11. The molecular weight excluding hydrogens is 299 g/mol. The molecule has 1 aromatic carbocycles. The number of benzene rings is 1. The van der Waals surface area contributed by atoms with Gasteiger partial charge in [-0.3, -0.25) is 0 Å². The Hall–Kier alpha value is -1.51. The van der Waals surface area contributed by atoms with E-state index in [1.807, 2.05) is 6.07 Å². The molecule has 3 nitrogen and oxygen atoms in total. The number of fused-ring (bicyclic) bond motifs is 2. The maximum absolute atomic E-state index is 14.2. The van der Waals surface area contributed by atoms with E-state index in [1.165, 1.54) is 23.8 Å². The molecule has 1 N–H and O–H groups in total. The minimum Gasteiger partial charge on any atom is -0.382 e. The largest absolute Gasteiger partial charge is 0.382 e. The quantitative estimate of drug-likeness (QED) is 0.873. The van der Waals surface area contributed by atoms with Crippen LogP contribution in [0.1, 0.15) is 42.7 Å². The highest BCUT2D eigenvalue weighted by molar-refractivity contribution is 7.18. The molecule has 1 heterocycles. The molecule has 2 aromatic rings. The molecule has 112 valence electrons. The highest BCUT2D eigenvalue weighted by Crippen LogP contribution is 2.78.